The lowest BCUT2D eigenvalue weighted by Crippen LogP contribution is -2.32. The highest BCUT2D eigenvalue weighted by molar-refractivity contribution is 6.30. The Bertz CT molecular complexity index is 1080. The summed E-state index contributed by atoms with van der Waals surface area (Å²) in [6.07, 6.45) is 5.28. The third kappa shape index (κ3) is 3.65. The van der Waals surface area contributed by atoms with E-state index in [2.05, 4.69) is 10.1 Å². The first-order valence-corrected chi connectivity index (χ1v) is 10.3. The number of aromatic nitrogens is 4. The Balaban J connectivity index is 1.78. The predicted molar refractivity (Wildman–Crippen MR) is 118 cm³/mol. The number of carbonyl (C=O) groups excluding carboxylic acids is 1. The first kappa shape index (κ1) is 20.3. The second-order valence-corrected chi connectivity index (χ2v) is 8.23. The van der Waals surface area contributed by atoms with Gasteiger partial charge in [0.2, 0.25) is 5.95 Å². The van der Waals surface area contributed by atoms with Gasteiger partial charge in [-0.3, -0.25) is 9.48 Å². The van der Waals surface area contributed by atoms with Crippen molar-refractivity contribution in [2.45, 2.75) is 25.8 Å². The van der Waals surface area contributed by atoms with Crippen LogP contribution in [0.4, 0.5) is 5.95 Å². The number of anilines is 1. The van der Waals surface area contributed by atoms with Gasteiger partial charge in [-0.1, -0.05) is 23.7 Å². The Morgan fingerprint density at radius 2 is 1.93 bits per heavy atom. The largest absolute Gasteiger partial charge is 0.347 e. The van der Waals surface area contributed by atoms with Gasteiger partial charge in [-0.25, -0.2) is 9.97 Å². The predicted octanol–water partition coefficient (Wildman–Crippen LogP) is 3.88. The molecule has 1 aliphatic rings. The minimum atomic E-state index is -0.121. The number of amides is 1. The molecular weight excluding hydrogens is 400 g/mol. The SMILES string of the molecule is Cc1c(C(=O)N2CCC[C@@H]2c2nc(N(C)C)ncc2-c2ccc(Cl)cc2)cnn1C. The maximum atomic E-state index is 13.4. The fourth-order valence-electron chi connectivity index (χ4n) is 3.86. The lowest BCUT2D eigenvalue weighted by Gasteiger charge is -2.27. The molecule has 1 saturated heterocycles. The van der Waals surface area contributed by atoms with Crippen molar-refractivity contribution in [3.63, 3.8) is 0 Å². The Morgan fingerprint density at radius 3 is 2.57 bits per heavy atom. The van der Waals surface area contributed by atoms with Crippen LogP contribution in [0, 0.1) is 6.92 Å². The van der Waals surface area contributed by atoms with E-state index in [1.807, 2.05) is 68.3 Å². The molecule has 4 rings (SSSR count). The van der Waals surface area contributed by atoms with Gasteiger partial charge in [0.25, 0.3) is 5.91 Å². The third-order valence-corrected chi connectivity index (χ3v) is 5.91. The minimum absolute atomic E-state index is 0.00447. The molecule has 1 amide bonds. The molecule has 3 aromatic rings. The van der Waals surface area contributed by atoms with Gasteiger partial charge in [-0.15, -0.1) is 0 Å². The van der Waals surface area contributed by atoms with Crippen molar-refractivity contribution in [2.75, 3.05) is 25.5 Å². The highest BCUT2D eigenvalue weighted by Gasteiger charge is 2.35. The molecule has 0 radical (unpaired) electrons. The highest BCUT2D eigenvalue weighted by atomic mass is 35.5. The average molecular weight is 425 g/mol. The van der Waals surface area contributed by atoms with Gasteiger partial charge in [-0.2, -0.15) is 5.10 Å². The lowest BCUT2D eigenvalue weighted by atomic mass is 9.99. The van der Waals surface area contributed by atoms with Crippen LogP contribution in [-0.2, 0) is 7.05 Å². The lowest BCUT2D eigenvalue weighted by molar-refractivity contribution is 0.0732. The van der Waals surface area contributed by atoms with Crippen LogP contribution in [0.5, 0.6) is 0 Å². The maximum absolute atomic E-state index is 13.4. The van der Waals surface area contributed by atoms with Crippen LogP contribution in [0.25, 0.3) is 11.1 Å². The molecule has 0 spiro atoms. The number of halogens is 1. The van der Waals surface area contributed by atoms with Crippen molar-refractivity contribution in [1.82, 2.24) is 24.6 Å². The molecule has 1 aromatic carbocycles. The Labute approximate surface area is 181 Å². The van der Waals surface area contributed by atoms with Gasteiger partial charge in [0.1, 0.15) is 0 Å². The normalized spacial score (nSPS) is 16.2. The molecule has 156 valence electrons. The quantitative estimate of drug-likeness (QED) is 0.635. The van der Waals surface area contributed by atoms with E-state index in [1.54, 1.807) is 10.9 Å². The highest BCUT2D eigenvalue weighted by Crippen LogP contribution is 2.38. The van der Waals surface area contributed by atoms with Gasteiger partial charge in [-0.05, 0) is 37.5 Å². The van der Waals surface area contributed by atoms with Crippen molar-refractivity contribution in [3.8, 4) is 11.1 Å². The summed E-state index contributed by atoms with van der Waals surface area (Å²) in [5.41, 5.74) is 4.27. The van der Waals surface area contributed by atoms with Crippen LogP contribution in [0.2, 0.25) is 5.02 Å². The standard InChI is InChI=1S/C22H25ClN6O/c1-14-17(13-25-28(14)4)21(30)29-11-5-6-19(29)20-18(12-24-22(26-20)27(2)3)15-7-9-16(23)10-8-15/h7-10,12-13,19H,5-6,11H2,1-4H3/t19-/m1/s1. The summed E-state index contributed by atoms with van der Waals surface area (Å²) in [5.74, 6) is 0.620. The summed E-state index contributed by atoms with van der Waals surface area (Å²) < 4.78 is 1.73. The fourth-order valence-corrected chi connectivity index (χ4v) is 3.99. The Morgan fingerprint density at radius 1 is 1.20 bits per heavy atom. The first-order valence-electron chi connectivity index (χ1n) is 9.96. The molecule has 2 aromatic heterocycles. The molecule has 0 bridgehead atoms. The molecular formula is C22H25ClN6O. The van der Waals surface area contributed by atoms with Crippen LogP contribution < -0.4 is 4.90 Å². The topological polar surface area (TPSA) is 67.2 Å². The number of aryl methyl sites for hydroxylation is 1. The number of benzene rings is 1. The summed E-state index contributed by atoms with van der Waals surface area (Å²) in [7, 11) is 5.68. The second kappa shape index (κ2) is 8.07. The molecule has 1 atom stereocenters. The molecule has 0 unspecified atom stereocenters. The maximum Gasteiger partial charge on any atom is 0.257 e. The van der Waals surface area contributed by atoms with Gasteiger partial charge < -0.3 is 9.80 Å². The van der Waals surface area contributed by atoms with E-state index < -0.39 is 0 Å². The number of carbonyl (C=O) groups is 1. The van der Waals surface area contributed by atoms with E-state index in [9.17, 15) is 4.79 Å². The molecule has 0 saturated carbocycles. The van der Waals surface area contributed by atoms with Gasteiger partial charge in [0.05, 0.1) is 23.5 Å². The zero-order valence-corrected chi connectivity index (χ0v) is 18.4. The summed E-state index contributed by atoms with van der Waals surface area (Å²) in [4.78, 5) is 26.6. The number of hydrogen-bond acceptors (Lipinski definition) is 5. The average Bonchev–Trinajstić information content (AvgIpc) is 3.35. The molecule has 8 heteroatoms. The summed E-state index contributed by atoms with van der Waals surface area (Å²) >= 11 is 6.08. The second-order valence-electron chi connectivity index (χ2n) is 7.79. The summed E-state index contributed by atoms with van der Waals surface area (Å²) in [5, 5.41) is 4.92. The molecule has 7 nitrogen and oxygen atoms in total. The Hall–Kier alpha value is -2.93. The van der Waals surface area contributed by atoms with Crippen LogP contribution in [0.1, 0.15) is 40.6 Å². The molecule has 30 heavy (non-hydrogen) atoms. The van der Waals surface area contributed by atoms with E-state index in [0.717, 1.165) is 35.4 Å². The summed E-state index contributed by atoms with van der Waals surface area (Å²) in [6, 6.07) is 7.52. The molecule has 1 aliphatic heterocycles. The molecule has 1 fully saturated rings. The Kier molecular flexibility index (Phi) is 5.47. The molecule has 3 heterocycles. The monoisotopic (exact) mass is 424 g/mol. The van der Waals surface area contributed by atoms with Crippen LogP contribution in [-0.4, -0.2) is 51.2 Å². The van der Waals surface area contributed by atoms with E-state index >= 15 is 0 Å². The van der Waals surface area contributed by atoms with E-state index in [4.69, 9.17) is 16.6 Å². The van der Waals surface area contributed by atoms with E-state index in [-0.39, 0.29) is 11.9 Å². The summed E-state index contributed by atoms with van der Waals surface area (Å²) in [6.45, 7) is 2.61. The van der Waals surface area contributed by atoms with E-state index in [1.165, 1.54) is 0 Å². The smallest absolute Gasteiger partial charge is 0.257 e. The van der Waals surface area contributed by atoms with Crippen LogP contribution >= 0.6 is 11.6 Å². The first-order chi connectivity index (χ1) is 14.4. The fraction of sp³-hybridized carbons (Fsp3) is 0.364. The zero-order chi connectivity index (χ0) is 21.4. The van der Waals surface area contributed by atoms with Crippen LogP contribution in [0.15, 0.2) is 36.7 Å². The van der Waals surface area contributed by atoms with Crippen molar-refractivity contribution in [1.29, 1.82) is 0 Å². The van der Waals surface area contributed by atoms with Crippen molar-refractivity contribution < 1.29 is 4.79 Å². The van der Waals surface area contributed by atoms with Gasteiger partial charge in [0.15, 0.2) is 0 Å². The number of nitrogens with zero attached hydrogens (tertiary/aromatic N) is 6. The van der Waals surface area contributed by atoms with Gasteiger partial charge in [0, 0.05) is 50.2 Å². The van der Waals surface area contributed by atoms with Crippen molar-refractivity contribution >= 4 is 23.5 Å². The van der Waals surface area contributed by atoms with Crippen molar-refractivity contribution in [3.05, 3.63) is 58.6 Å². The number of likely N-dealkylation sites (tertiary alicyclic amines) is 1. The number of hydrogen-bond donors (Lipinski definition) is 0. The zero-order valence-electron chi connectivity index (χ0n) is 17.6. The molecule has 0 N–H and O–H groups in total. The number of rotatable bonds is 4. The minimum Gasteiger partial charge on any atom is -0.347 e. The van der Waals surface area contributed by atoms with Crippen LogP contribution in [0.3, 0.4) is 0 Å². The van der Waals surface area contributed by atoms with Gasteiger partial charge >= 0.3 is 0 Å². The third-order valence-electron chi connectivity index (χ3n) is 5.66. The molecule has 0 aliphatic carbocycles. The van der Waals surface area contributed by atoms with Crippen molar-refractivity contribution in [2.24, 2.45) is 7.05 Å². The van der Waals surface area contributed by atoms with E-state index in [0.29, 0.717) is 23.1 Å².